The summed E-state index contributed by atoms with van der Waals surface area (Å²) in [6.45, 7) is 0.455. The van der Waals surface area contributed by atoms with Crippen LogP contribution < -0.4 is 33.2 Å². The predicted octanol–water partition coefficient (Wildman–Crippen LogP) is 0.352. The van der Waals surface area contributed by atoms with Crippen molar-refractivity contribution >= 4 is 52.1 Å². The lowest BCUT2D eigenvalue weighted by molar-refractivity contribution is -0.139. The minimum atomic E-state index is -1.20. The Kier molecular flexibility index (Phi) is 8.83. The van der Waals surface area contributed by atoms with E-state index in [9.17, 15) is 19.5 Å². The SMILES string of the molecule is Nc1ccc(C(=O)NCCC[C@H](NC(=O)c2ccc(NCc3cnc4nc(N)nc(N)c4n3)cc2)C(=O)O)c(-c2nn[nH]n2)c1. The summed E-state index contributed by atoms with van der Waals surface area (Å²) in [6.07, 6.45) is 1.89. The maximum atomic E-state index is 12.8. The number of carbonyl (C=O) groups is 3. The summed E-state index contributed by atoms with van der Waals surface area (Å²) in [6, 6.07) is 9.97. The van der Waals surface area contributed by atoms with Crippen molar-refractivity contribution < 1.29 is 19.5 Å². The molecule has 1 atom stereocenters. The summed E-state index contributed by atoms with van der Waals surface area (Å²) < 4.78 is 0. The molecular formula is C27H28N14O4. The number of fused-ring (bicyclic) bond motifs is 1. The number of tetrazole rings is 1. The lowest BCUT2D eigenvalue weighted by Gasteiger charge is -2.15. The first-order valence-corrected chi connectivity index (χ1v) is 13.5. The van der Waals surface area contributed by atoms with Crippen molar-refractivity contribution in [1.82, 2.24) is 51.2 Å². The summed E-state index contributed by atoms with van der Waals surface area (Å²) in [5, 5.41) is 31.7. The number of nitrogens with two attached hydrogens (primary N) is 3. The van der Waals surface area contributed by atoms with Gasteiger partial charge >= 0.3 is 5.97 Å². The Morgan fingerprint density at radius 3 is 2.51 bits per heavy atom. The van der Waals surface area contributed by atoms with E-state index in [1.807, 2.05) is 0 Å². The molecule has 3 heterocycles. The number of aliphatic carboxylic acids is 1. The van der Waals surface area contributed by atoms with Gasteiger partial charge < -0.3 is 38.3 Å². The summed E-state index contributed by atoms with van der Waals surface area (Å²) in [4.78, 5) is 53.9. The lowest BCUT2D eigenvalue weighted by Crippen LogP contribution is -2.41. The van der Waals surface area contributed by atoms with Crippen LogP contribution in [0.3, 0.4) is 0 Å². The number of benzene rings is 2. The van der Waals surface area contributed by atoms with Gasteiger partial charge in [0, 0.05) is 29.0 Å². The van der Waals surface area contributed by atoms with Crippen molar-refractivity contribution in [2.24, 2.45) is 0 Å². The molecule has 0 bridgehead atoms. The zero-order chi connectivity index (χ0) is 31.9. The third-order valence-corrected chi connectivity index (χ3v) is 6.55. The molecule has 11 N–H and O–H groups in total. The highest BCUT2D eigenvalue weighted by atomic mass is 16.4. The van der Waals surface area contributed by atoms with Crippen molar-refractivity contribution in [3.8, 4) is 11.4 Å². The fourth-order valence-electron chi connectivity index (χ4n) is 4.32. The summed E-state index contributed by atoms with van der Waals surface area (Å²) >= 11 is 0. The molecule has 0 radical (unpaired) electrons. The molecule has 0 fully saturated rings. The van der Waals surface area contributed by atoms with Crippen LogP contribution >= 0.6 is 0 Å². The third-order valence-electron chi connectivity index (χ3n) is 6.55. The molecule has 0 unspecified atom stereocenters. The van der Waals surface area contributed by atoms with Crippen LogP contribution in [0.5, 0.6) is 0 Å². The standard InChI is InChI=1S/C27H28N14O4/c28-14-5-8-17(18(10-14)22-38-40-41-39-22)25(43)31-9-1-2-19(26(44)45)35-24(42)13-3-6-15(7-4-13)32-11-16-12-33-23-20(34-16)21(29)36-27(30)37-23/h3-8,10,12,19,32H,1-2,9,11,28H2,(H,31,43)(H,35,42)(H,44,45)(H,38,39,40,41)(H4,29,30,33,36,37)/t19-/m0/s1. The van der Waals surface area contributed by atoms with Gasteiger partial charge in [0.1, 0.15) is 6.04 Å². The highest BCUT2D eigenvalue weighted by Crippen LogP contribution is 2.22. The molecule has 2 aromatic carbocycles. The van der Waals surface area contributed by atoms with Crippen molar-refractivity contribution in [2.45, 2.75) is 25.4 Å². The first-order valence-electron chi connectivity index (χ1n) is 13.5. The average molecular weight is 613 g/mol. The van der Waals surface area contributed by atoms with Crippen molar-refractivity contribution in [2.75, 3.05) is 29.1 Å². The van der Waals surface area contributed by atoms with Gasteiger partial charge in [0.15, 0.2) is 17.0 Å². The Morgan fingerprint density at radius 1 is 0.978 bits per heavy atom. The van der Waals surface area contributed by atoms with Crippen LogP contribution in [0.2, 0.25) is 0 Å². The number of hydrogen-bond donors (Lipinski definition) is 8. The fraction of sp³-hybridized carbons (Fsp3) is 0.185. The number of nitrogen functional groups attached to an aromatic ring is 3. The second kappa shape index (κ2) is 13.2. The minimum absolute atomic E-state index is 0.00917. The molecular weight excluding hydrogens is 584 g/mol. The number of nitrogens with one attached hydrogen (secondary N) is 4. The molecule has 0 aliphatic carbocycles. The van der Waals surface area contributed by atoms with Gasteiger partial charge in [0.2, 0.25) is 11.8 Å². The average Bonchev–Trinajstić information content (AvgIpc) is 3.56. The van der Waals surface area contributed by atoms with Crippen LogP contribution in [0.4, 0.5) is 23.1 Å². The molecule has 2 amide bonds. The Labute approximate surface area is 254 Å². The quantitative estimate of drug-likeness (QED) is 0.0696. The van der Waals surface area contributed by atoms with E-state index in [2.05, 4.69) is 56.5 Å². The van der Waals surface area contributed by atoms with E-state index in [0.29, 0.717) is 34.7 Å². The number of carboxylic acids is 1. The Hall–Kier alpha value is -6.46. The second-order valence-corrected chi connectivity index (χ2v) is 9.73. The van der Waals surface area contributed by atoms with E-state index in [1.54, 1.807) is 36.4 Å². The van der Waals surface area contributed by atoms with Gasteiger partial charge in [-0.1, -0.05) is 0 Å². The Morgan fingerprint density at radius 2 is 1.78 bits per heavy atom. The van der Waals surface area contributed by atoms with Crippen molar-refractivity contribution in [3.05, 3.63) is 65.5 Å². The van der Waals surface area contributed by atoms with Gasteiger partial charge in [-0.05, 0) is 60.5 Å². The third kappa shape index (κ3) is 7.31. The van der Waals surface area contributed by atoms with Gasteiger partial charge in [0.05, 0.1) is 24.0 Å². The topological polar surface area (TPSA) is 292 Å². The maximum Gasteiger partial charge on any atom is 0.326 e. The van der Waals surface area contributed by atoms with E-state index in [1.165, 1.54) is 12.3 Å². The highest BCUT2D eigenvalue weighted by Gasteiger charge is 2.21. The molecule has 0 spiro atoms. The first-order chi connectivity index (χ1) is 21.7. The van der Waals surface area contributed by atoms with Crippen molar-refractivity contribution in [3.63, 3.8) is 0 Å². The lowest BCUT2D eigenvalue weighted by atomic mass is 10.0. The number of hydrogen-bond acceptors (Lipinski definition) is 14. The number of amides is 2. The molecule has 0 saturated carbocycles. The normalized spacial score (nSPS) is 11.6. The molecule has 0 aliphatic rings. The van der Waals surface area contributed by atoms with E-state index in [-0.39, 0.29) is 53.8 Å². The van der Waals surface area contributed by atoms with Gasteiger partial charge in [-0.15, -0.1) is 10.2 Å². The van der Waals surface area contributed by atoms with Gasteiger partial charge in [-0.2, -0.15) is 15.2 Å². The Balaban J connectivity index is 1.11. The molecule has 18 nitrogen and oxygen atoms in total. The Bertz CT molecular complexity index is 1850. The number of H-pyrrole nitrogens is 1. The number of carbonyl (C=O) groups excluding carboxylic acids is 2. The van der Waals surface area contributed by atoms with Crippen LogP contribution in [-0.4, -0.2) is 76.0 Å². The van der Waals surface area contributed by atoms with Crippen molar-refractivity contribution in [1.29, 1.82) is 0 Å². The largest absolute Gasteiger partial charge is 0.480 e. The molecule has 230 valence electrons. The highest BCUT2D eigenvalue weighted by molar-refractivity contribution is 6.00. The monoisotopic (exact) mass is 612 g/mol. The molecule has 0 saturated heterocycles. The van der Waals surface area contributed by atoms with Crippen LogP contribution in [0.1, 0.15) is 39.3 Å². The second-order valence-electron chi connectivity index (χ2n) is 9.73. The summed E-state index contributed by atoms with van der Waals surface area (Å²) in [5.41, 5.74) is 20.5. The molecule has 5 rings (SSSR count). The smallest absolute Gasteiger partial charge is 0.326 e. The van der Waals surface area contributed by atoms with Crippen LogP contribution in [-0.2, 0) is 11.3 Å². The number of aromatic nitrogens is 8. The van der Waals surface area contributed by atoms with Crippen LogP contribution in [0, 0.1) is 0 Å². The fourth-order valence-corrected chi connectivity index (χ4v) is 4.32. The zero-order valence-electron chi connectivity index (χ0n) is 23.6. The van der Waals surface area contributed by atoms with Gasteiger partial charge in [-0.25, -0.2) is 14.8 Å². The summed E-state index contributed by atoms with van der Waals surface area (Å²) in [5.74, 6) is -1.84. The zero-order valence-corrected chi connectivity index (χ0v) is 23.6. The van der Waals surface area contributed by atoms with E-state index < -0.39 is 23.8 Å². The number of nitrogens with zero attached hydrogens (tertiary/aromatic N) is 7. The van der Waals surface area contributed by atoms with Gasteiger partial charge in [0.25, 0.3) is 11.8 Å². The number of aromatic amines is 1. The molecule has 0 aliphatic heterocycles. The number of rotatable bonds is 12. The van der Waals surface area contributed by atoms with Crippen LogP contribution in [0.25, 0.3) is 22.6 Å². The predicted molar refractivity (Wildman–Crippen MR) is 162 cm³/mol. The number of carboxylic acid groups (broad SMARTS) is 1. The molecule has 45 heavy (non-hydrogen) atoms. The number of anilines is 4. The van der Waals surface area contributed by atoms with E-state index in [4.69, 9.17) is 17.2 Å². The molecule has 5 aromatic rings. The minimum Gasteiger partial charge on any atom is -0.480 e. The maximum absolute atomic E-state index is 12.8. The first kappa shape index (κ1) is 30.0. The molecule has 18 heteroatoms. The summed E-state index contributed by atoms with van der Waals surface area (Å²) in [7, 11) is 0. The van der Waals surface area contributed by atoms with Crippen LogP contribution in [0.15, 0.2) is 48.7 Å². The van der Waals surface area contributed by atoms with E-state index in [0.717, 1.165) is 0 Å². The van der Waals surface area contributed by atoms with E-state index >= 15 is 0 Å². The van der Waals surface area contributed by atoms with Gasteiger partial charge in [-0.3, -0.25) is 9.59 Å². The molecule has 3 aromatic heterocycles.